The number of nitrogens with zero attached hydrogens (tertiary/aromatic N) is 6. The first-order valence-electron chi connectivity index (χ1n) is 17.2. The standard InChI is InChI=1S/C46H26N6.Pt/c1-2-8-29(9-3-1)31-16-20-41-38(24-31)36-19-17-34(27-44(36)52(41)45-26-32-11-5-7-13-39(32)49-50-45)51-42-21-15-30-10-4-6-12-35(30)46(42)37-18-14-33(25-43(37)51)40-28-47-22-23-48-40;/h1-24,26,28H;/q-2;+2. The molecule has 4 heterocycles. The minimum atomic E-state index is 0. The number of benzene rings is 7. The summed E-state index contributed by atoms with van der Waals surface area (Å²) < 4.78 is 4.47. The normalized spacial score (nSPS) is 11.6. The first-order chi connectivity index (χ1) is 25.8. The summed E-state index contributed by atoms with van der Waals surface area (Å²) in [6, 6.07) is 56.6. The van der Waals surface area contributed by atoms with Crippen LogP contribution < -0.4 is 0 Å². The van der Waals surface area contributed by atoms with E-state index in [0.717, 1.165) is 77.5 Å². The second-order valence-corrected chi connectivity index (χ2v) is 13.0. The first-order valence-corrected chi connectivity index (χ1v) is 17.2. The van der Waals surface area contributed by atoms with Gasteiger partial charge in [0, 0.05) is 40.7 Å². The largest absolute Gasteiger partial charge is 2.00 e. The molecule has 0 aliphatic rings. The van der Waals surface area contributed by atoms with E-state index < -0.39 is 0 Å². The maximum atomic E-state index is 4.77. The Morgan fingerprint density at radius 2 is 1.30 bits per heavy atom. The molecule has 4 aromatic heterocycles. The first kappa shape index (κ1) is 31.3. The SMILES string of the molecule is [Pt+2].[c-]1c(-n2c3[c-]c(-c4cnccn4)ccc3c3c4ccccc4ccc32)ccc2c3cc(-c4ccccc4)ccc3n(-c3cc4ccccc4nn3)c12. The molecule has 6 nitrogen and oxygen atoms in total. The van der Waals surface area contributed by atoms with Crippen molar-refractivity contribution in [1.29, 1.82) is 0 Å². The Balaban J connectivity index is 0.00000349. The molecular weight excluding hydrogens is 832 g/mol. The van der Waals surface area contributed by atoms with Gasteiger partial charge in [0.2, 0.25) is 0 Å². The average Bonchev–Trinajstić information content (AvgIpc) is 3.73. The third kappa shape index (κ3) is 4.91. The van der Waals surface area contributed by atoms with Crippen molar-refractivity contribution < 1.29 is 21.1 Å². The Bertz CT molecular complexity index is 3190. The second kappa shape index (κ2) is 12.3. The molecule has 0 saturated heterocycles. The molecular formula is C46H26N6Pt. The molecule has 0 atom stereocenters. The summed E-state index contributed by atoms with van der Waals surface area (Å²) in [6.45, 7) is 0. The molecule has 0 N–H and O–H groups in total. The van der Waals surface area contributed by atoms with Gasteiger partial charge in [0.15, 0.2) is 5.82 Å². The molecule has 11 rings (SSSR count). The van der Waals surface area contributed by atoms with Crippen molar-refractivity contribution in [2.24, 2.45) is 0 Å². The topological polar surface area (TPSA) is 61.4 Å². The van der Waals surface area contributed by atoms with Crippen LogP contribution in [0.2, 0.25) is 0 Å². The fourth-order valence-corrected chi connectivity index (χ4v) is 7.74. The second-order valence-electron chi connectivity index (χ2n) is 13.0. The number of aromatic nitrogens is 6. The van der Waals surface area contributed by atoms with Crippen molar-refractivity contribution in [1.82, 2.24) is 29.3 Å². The molecule has 0 aliphatic carbocycles. The van der Waals surface area contributed by atoms with Gasteiger partial charge in [-0.2, -0.15) is 6.07 Å². The third-order valence-corrected chi connectivity index (χ3v) is 10.1. The van der Waals surface area contributed by atoms with E-state index in [4.69, 9.17) is 5.10 Å². The summed E-state index contributed by atoms with van der Waals surface area (Å²) in [4.78, 5) is 8.93. The van der Waals surface area contributed by atoms with E-state index in [1.807, 2.05) is 24.3 Å². The molecule has 0 fully saturated rings. The van der Waals surface area contributed by atoms with Crippen molar-refractivity contribution in [3.63, 3.8) is 0 Å². The van der Waals surface area contributed by atoms with Gasteiger partial charge < -0.3 is 14.1 Å². The van der Waals surface area contributed by atoms with Gasteiger partial charge in [-0.25, -0.2) is 0 Å². The number of hydrogen-bond donors (Lipinski definition) is 0. The Morgan fingerprint density at radius 3 is 2.19 bits per heavy atom. The monoisotopic (exact) mass is 857 g/mol. The summed E-state index contributed by atoms with van der Waals surface area (Å²) >= 11 is 0. The van der Waals surface area contributed by atoms with Crippen LogP contribution in [0.3, 0.4) is 0 Å². The van der Waals surface area contributed by atoms with Crippen LogP contribution in [0.4, 0.5) is 0 Å². The number of hydrogen-bond acceptors (Lipinski definition) is 4. The van der Waals surface area contributed by atoms with Crippen LogP contribution in [0.5, 0.6) is 0 Å². The van der Waals surface area contributed by atoms with Crippen LogP contribution >= 0.6 is 0 Å². The van der Waals surface area contributed by atoms with Crippen molar-refractivity contribution in [3.8, 4) is 33.9 Å². The van der Waals surface area contributed by atoms with Gasteiger partial charge in [0.05, 0.1) is 5.52 Å². The molecule has 0 saturated carbocycles. The molecule has 0 radical (unpaired) electrons. The smallest absolute Gasteiger partial charge is 0.352 e. The fourth-order valence-electron chi connectivity index (χ4n) is 7.74. The average molecular weight is 858 g/mol. The minimum absolute atomic E-state index is 0. The van der Waals surface area contributed by atoms with Gasteiger partial charge >= 0.3 is 21.1 Å². The van der Waals surface area contributed by atoms with E-state index in [0.29, 0.717) is 0 Å². The maximum Gasteiger partial charge on any atom is 2.00 e. The Labute approximate surface area is 318 Å². The molecule has 53 heavy (non-hydrogen) atoms. The number of fused-ring (bicyclic) bond motifs is 9. The molecule has 250 valence electrons. The molecule has 11 aromatic rings. The zero-order valence-electron chi connectivity index (χ0n) is 28.0. The van der Waals surface area contributed by atoms with E-state index >= 15 is 0 Å². The van der Waals surface area contributed by atoms with Crippen molar-refractivity contribution in [3.05, 3.63) is 170 Å². The molecule has 7 aromatic carbocycles. The predicted octanol–water partition coefficient (Wildman–Crippen LogP) is 10.7. The van der Waals surface area contributed by atoms with Crippen LogP contribution in [-0.4, -0.2) is 29.3 Å². The summed E-state index contributed by atoms with van der Waals surface area (Å²) in [5, 5.41) is 17.3. The van der Waals surface area contributed by atoms with Crippen molar-refractivity contribution in [2.75, 3.05) is 0 Å². The maximum absolute atomic E-state index is 4.77. The Kier molecular flexibility index (Phi) is 7.27. The van der Waals surface area contributed by atoms with Crippen LogP contribution in [0.1, 0.15) is 0 Å². The van der Waals surface area contributed by atoms with Gasteiger partial charge in [0.25, 0.3) is 0 Å². The fraction of sp³-hybridized carbons (Fsp3) is 0. The van der Waals surface area contributed by atoms with Gasteiger partial charge in [-0.1, -0.05) is 108 Å². The summed E-state index contributed by atoms with van der Waals surface area (Å²) in [6.07, 6.45) is 5.19. The molecule has 7 heteroatoms. The molecule has 0 aliphatic heterocycles. The molecule has 0 spiro atoms. The Morgan fingerprint density at radius 1 is 0.509 bits per heavy atom. The van der Waals surface area contributed by atoms with Gasteiger partial charge in [0.1, 0.15) is 0 Å². The summed E-state index contributed by atoms with van der Waals surface area (Å²) in [5.41, 5.74) is 9.72. The van der Waals surface area contributed by atoms with Crippen molar-refractivity contribution in [2.45, 2.75) is 0 Å². The molecule has 0 amide bonds. The van der Waals surface area contributed by atoms with Gasteiger partial charge in [-0.3, -0.25) is 4.98 Å². The quantitative estimate of drug-likeness (QED) is 0.165. The minimum Gasteiger partial charge on any atom is -0.352 e. The predicted molar refractivity (Wildman–Crippen MR) is 210 cm³/mol. The van der Waals surface area contributed by atoms with E-state index in [1.165, 1.54) is 21.7 Å². The van der Waals surface area contributed by atoms with E-state index in [1.54, 1.807) is 18.6 Å². The molecule has 0 bridgehead atoms. The van der Waals surface area contributed by atoms with Gasteiger partial charge in [-0.05, 0) is 62.5 Å². The van der Waals surface area contributed by atoms with Crippen LogP contribution in [0.25, 0.3) is 99.2 Å². The van der Waals surface area contributed by atoms with Crippen molar-refractivity contribution >= 4 is 65.3 Å². The molecule has 0 unspecified atom stereocenters. The zero-order chi connectivity index (χ0) is 34.2. The van der Waals surface area contributed by atoms with E-state index in [-0.39, 0.29) is 21.1 Å². The van der Waals surface area contributed by atoms with Gasteiger partial charge in [-0.15, -0.1) is 51.5 Å². The van der Waals surface area contributed by atoms with E-state index in [9.17, 15) is 0 Å². The van der Waals surface area contributed by atoms with Crippen LogP contribution in [0, 0.1) is 12.1 Å². The van der Waals surface area contributed by atoms with Crippen LogP contribution in [0.15, 0.2) is 158 Å². The van der Waals surface area contributed by atoms with Crippen LogP contribution in [-0.2, 0) is 21.1 Å². The third-order valence-electron chi connectivity index (χ3n) is 10.1. The number of rotatable bonds is 4. The van der Waals surface area contributed by atoms with E-state index in [2.05, 4.69) is 152 Å². The Hall–Kier alpha value is -6.49. The summed E-state index contributed by atoms with van der Waals surface area (Å²) in [5.74, 6) is 0.740. The summed E-state index contributed by atoms with van der Waals surface area (Å²) in [7, 11) is 0. The zero-order valence-corrected chi connectivity index (χ0v) is 30.3.